The van der Waals surface area contributed by atoms with E-state index >= 15 is 0 Å². The van der Waals surface area contributed by atoms with Gasteiger partial charge in [-0.05, 0) is 31.5 Å². The minimum Gasteiger partial charge on any atom is -0.346 e. The molecule has 5 nitrogen and oxygen atoms in total. The third-order valence-electron chi connectivity index (χ3n) is 2.90. The number of rotatable bonds is 5. The van der Waals surface area contributed by atoms with Gasteiger partial charge in [-0.15, -0.1) is 0 Å². The van der Waals surface area contributed by atoms with E-state index in [1.807, 2.05) is 13.8 Å². The molecule has 0 atom stereocenters. The third kappa shape index (κ3) is 3.59. The molecular formula is C13H16ClN3O2S. The highest BCUT2D eigenvalue weighted by atomic mass is 35.5. The van der Waals surface area contributed by atoms with E-state index in [9.17, 15) is 8.42 Å². The molecule has 0 amide bonds. The molecule has 0 bridgehead atoms. The molecule has 0 aliphatic carbocycles. The quantitative estimate of drug-likeness (QED) is 0.888. The fourth-order valence-electron chi connectivity index (χ4n) is 1.74. The summed E-state index contributed by atoms with van der Waals surface area (Å²) >= 11 is 5.95. The maximum absolute atomic E-state index is 12.1. The minimum atomic E-state index is -3.53. The Hall–Kier alpha value is -1.37. The summed E-state index contributed by atoms with van der Waals surface area (Å²) in [6.45, 7) is 3.98. The summed E-state index contributed by atoms with van der Waals surface area (Å²) in [7, 11) is -3.53. The third-order valence-corrected chi connectivity index (χ3v) is 4.76. The number of halogens is 1. The molecule has 0 radical (unpaired) electrons. The Bertz CT molecular complexity index is 710. The van der Waals surface area contributed by atoms with E-state index in [1.54, 1.807) is 18.3 Å². The molecule has 0 fully saturated rings. The van der Waals surface area contributed by atoms with Gasteiger partial charge >= 0.3 is 0 Å². The predicted octanol–water partition coefficient (Wildman–Crippen LogP) is 2.20. The molecule has 7 heteroatoms. The van der Waals surface area contributed by atoms with E-state index in [-0.39, 0.29) is 4.90 Å². The highest BCUT2D eigenvalue weighted by Crippen LogP contribution is 2.19. The van der Waals surface area contributed by atoms with Gasteiger partial charge in [-0.25, -0.2) is 18.1 Å². The topological polar surface area (TPSA) is 74.8 Å². The minimum absolute atomic E-state index is 0.175. The number of aryl methyl sites for hydroxylation is 2. The average molecular weight is 314 g/mol. The Morgan fingerprint density at radius 1 is 1.35 bits per heavy atom. The van der Waals surface area contributed by atoms with E-state index in [4.69, 9.17) is 11.6 Å². The fourth-order valence-corrected chi connectivity index (χ4v) is 3.05. The van der Waals surface area contributed by atoms with Crippen LogP contribution in [0.5, 0.6) is 0 Å². The smallest absolute Gasteiger partial charge is 0.240 e. The zero-order valence-electron chi connectivity index (χ0n) is 11.3. The number of H-pyrrole nitrogens is 1. The largest absolute Gasteiger partial charge is 0.346 e. The molecule has 1 aromatic heterocycles. The summed E-state index contributed by atoms with van der Waals surface area (Å²) in [5, 5.41) is 0.442. The van der Waals surface area contributed by atoms with Crippen LogP contribution >= 0.6 is 11.6 Å². The predicted molar refractivity (Wildman–Crippen MR) is 78.4 cm³/mol. The van der Waals surface area contributed by atoms with Crippen molar-refractivity contribution >= 4 is 21.6 Å². The summed E-state index contributed by atoms with van der Waals surface area (Å²) < 4.78 is 26.7. The van der Waals surface area contributed by atoms with Gasteiger partial charge in [0.15, 0.2) is 0 Å². The van der Waals surface area contributed by atoms with Crippen molar-refractivity contribution in [2.24, 2.45) is 0 Å². The van der Waals surface area contributed by atoms with E-state index in [1.165, 1.54) is 6.07 Å². The number of hydrogen-bond acceptors (Lipinski definition) is 3. The molecule has 0 spiro atoms. The van der Waals surface area contributed by atoms with E-state index in [0.29, 0.717) is 18.0 Å². The first-order valence-electron chi connectivity index (χ1n) is 6.15. The number of nitrogens with one attached hydrogen (secondary N) is 2. The van der Waals surface area contributed by atoms with Gasteiger partial charge < -0.3 is 4.98 Å². The number of benzene rings is 1. The maximum Gasteiger partial charge on any atom is 0.240 e. The Labute approximate surface area is 123 Å². The monoisotopic (exact) mass is 313 g/mol. The lowest BCUT2D eigenvalue weighted by molar-refractivity contribution is 0.581. The molecule has 0 saturated heterocycles. The van der Waals surface area contributed by atoms with E-state index < -0.39 is 10.0 Å². The van der Waals surface area contributed by atoms with Crippen molar-refractivity contribution in [1.82, 2.24) is 14.7 Å². The Morgan fingerprint density at radius 3 is 2.70 bits per heavy atom. The number of sulfonamides is 1. The van der Waals surface area contributed by atoms with Crippen molar-refractivity contribution in [3.8, 4) is 0 Å². The SMILES string of the molecule is Cc1ncc(CCNS(=O)(=O)c2ccc(C)c(Cl)c2)[nH]1. The van der Waals surface area contributed by atoms with Gasteiger partial charge in [0, 0.05) is 29.9 Å². The highest BCUT2D eigenvalue weighted by Gasteiger charge is 2.14. The first kappa shape index (κ1) is 15.0. The average Bonchev–Trinajstić information content (AvgIpc) is 2.78. The van der Waals surface area contributed by atoms with Gasteiger partial charge in [0.1, 0.15) is 5.82 Å². The van der Waals surface area contributed by atoms with Crippen LogP contribution in [-0.2, 0) is 16.4 Å². The highest BCUT2D eigenvalue weighted by molar-refractivity contribution is 7.89. The van der Waals surface area contributed by atoms with Gasteiger partial charge in [-0.2, -0.15) is 0 Å². The van der Waals surface area contributed by atoms with Crippen LogP contribution in [0.15, 0.2) is 29.3 Å². The van der Waals surface area contributed by atoms with Crippen molar-refractivity contribution in [3.63, 3.8) is 0 Å². The molecule has 0 unspecified atom stereocenters. The lowest BCUT2D eigenvalue weighted by atomic mass is 10.2. The van der Waals surface area contributed by atoms with Gasteiger partial charge in [-0.1, -0.05) is 17.7 Å². The molecule has 1 aromatic carbocycles. The van der Waals surface area contributed by atoms with E-state index in [0.717, 1.165) is 17.1 Å². The second-order valence-electron chi connectivity index (χ2n) is 4.55. The molecule has 20 heavy (non-hydrogen) atoms. The first-order chi connectivity index (χ1) is 9.38. The van der Waals surface area contributed by atoms with Crippen LogP contribution < -0.4 is 4.72 Å². The van der Waals surface area contributed by atoms with Crippen LogP contribution in [-0.4, -0.2) is 24.9 Å². The van der Waals surface area contributed by atoms with Crippen molar-refractivity contribution in [3.05, 3.63) is 46.5 Å². The Balaban J connectivity index is 2.02. The second kappa shape index (κ2) is 5.95. The summed E-state index contributed by atoms with van der Waals surface area (Å²) in [6, 6.07) is 4.69. The number of aromatic amines is 1. The van der Waals surface area contributed by atoms with Crippen LogP contribution in [0.1, 0.15) is 17.1 Å². The Kier molecular flexibility index (Phi) is 4.47. The summed E-state index contributed by atoms with van der Waals surface area (Å²) in [6.07, 6.45) is 2.26. The number of hydrogen-bond donors (Lipinski definition) is 2. The molecule has 108 valence electrons. The van der Waals surface area contributed by atoms with E-state index in [2.05, 4.69) is 14.7 Å². The zero-order valence-corrected chi connectivity index (χ0v) is 12.8. The summed E-state index contributed by atoms with van der Waals surface area (Å²) in [5.41, 5.74) is 1.74. The zero-order chi connectivity index (χ0) is 14.8. The van der Waals surface area contributed by atoms with Crippen molar-refractivity contribution < 1.29 is 8.42 Å². The van der Waals surface area contributed by atoms with Crippen molar-refractivity contribution in [2.45, 2.75) is 25.2 Å². The molecule has 2 N–H and O–H groups in total. The maximum atomic E-state index is 12.1. The number of aromatic nitrogens is 2. The van der Waals surface area contributed by atoms with Crippen molar-refractivity contribution in [2.75, 3.05) is 6.54 Å². The first-order valence-corrected chi connectivity index (χ1v) is 8.01. The van der Waals surface area contributed by atoms with Crippen LogP contribution in [0, 0.1) is 13.8 Å². The molecule has 2 rings (SSSR count). The Morgan fingerprint density at radius 2 is 2.10 bits per heavy atom. The summed E-state index contributed by atoms with van der Waals surface area (Å²) in [5.74, 6) is 0.813. The van der Waals surface area contributed by atoms with Crippen molar-refractivity contribution in [1.29, 1.82) is 0 Å². The van der Waals surface area contributed by atoms with Crippen LogP contribution in [0.4, 0.5) is 0 Å². The molecular weight excluding hydrogens is 298 g/mol. The molecule has 1 heterocycles. The van der Waals surface area contributed by atoms with Gasteiger partial charge in [0.25, 0.3) is 0 Å². The van der Waals surface area contributed by atoms with Crippen LogP contribution in [0.2, 0.25) is 5.02 Å². The molecule has 0 saturated carbocycles. The lowest BCUT2D eigenvalue weighted by Crippen LogP contribution is -2.26. The standard InChI is InChI=1S/C13H16ClN3O2S/c1-9-3-4-12(7-13(9)14)20(18,19)16-6-5-11-8-15-10(2)17-11/h3-4,7-8,16H,5-6H2,1-2H3,(H,15,17). The number of nitrogens with zero attached hydrogens (tertiary/aromatic N) is 1. The number of imidazole rings is 1. The summed E-state index contributed by atoms with van der Waals surface area (Å²) in [4.78, 5) is 7.29. The lowest BCUT2D eigenvalue weighted by Gasteiger charge is -2.07. The van der Waals surface area contributed by atoms with Gasteiger partial charge in [-0.3, -0.25) is 0 Å². The van der Waals surface area contributed by atoms with Crippen LogP contribution in [0.25, 0.3) is 0 Å². The molecule has 2 aromatic rings. The second-order valence-corrected chi connectivity index (χ2v) is 6.73. The van der Waals surface area contributed by atoms with Gasteiger partial charge in [0.2, 0.25) is 10.0 Å². The normalized spacial score (nSPS) is 11.8. The molecule has 0 aliphatic heterocycles. The fraction of sp³-hybridized carbons (Fsp3) is 0.308. The molecule has 0 aliphatic rings. The van der Waals surface area contributed by atoms with Crippen LogP contribution in [0.3, 0.4) is 0 Å². The van der Waals surface area contributed by atoms with Gasteiger partial charge in [0.05, 0.1) is 4.90 Å².